The van der Waals surface area contributed by atoms with E-state index >= 15 is 0 Å². The van der Waals surface area contributed by atoms with Crippen molar-refractivity contribution >= 4 is 0 Å². The Bertz CT molecular complexity index is 61.1. The van der Waals surface area contributed by atoms with Gasteiger partial charge in [-0.15, -0.1) is 0 Å². The molecule has 0 spiro atoms. The Hall–Kier alpha value is -0.500. The van der Waals surface area contributed by atoms with Crippen LogP contribution in [0.15, 0.2) is 12.3 Å². The second kappa shape index (κ2) is 3.68. The Balaban J connectivity index is 2.82. The first-order valence-corrected chi connectivity index (χ1v) is 2.31. The molecule has 0 radical (unpaired) electrons. The van der Waals surface area contributed by atoms with Crippen LogP contribution in [-0.2, 0) is 0 Å². The molecule has 2 heteroatoms. The lowest BCUT2D eigenvalue weighted by Gasteiger charge is -1.92. The molecule has 0 aromatic heterocycles. The third-order valence-corrected chi connectivity index (χ3v) is 0.656. The summed E-state index contributed by atoms with van der Waals surface area (Å²) in [5.41, 5.74) is 5.82. The minimum absolute atomic E-state index is 0.205. The summed E-state index contributed by atoms with van der Waals surface area (Å²) < 4.78 is 0. The monoisotopic (exact) mass is 101 g/mol. The van der Waals surface area contributed by atoms with Gasteiger partial charge in [-0.25, -0.2) is 0 Å². The molecule has 0 saturated heterocycles. The molecule has 0 heterocycles. The summed E-state index contributed by atoms with van der Waals surface area (Å²) in [6, 6.07) is 0. The summed E-state index contributed by atoms with van der Waals surface area (Å²) >= 11 is 0. The topological polar surface area (TPSA) is 46.2 Å². The summed E-state index contributed by atoms with van der Waals surface area (Å²) in [6.45, 7) is 3.66. The fourth-order valence-electron chi connectivity index (χ4n) is 0.306. The Morgan fingerprint density at radius 2 is 2.29 bits per heavy atom. The van der Waals surface area contributed by atoms with Crippen molar-refractivity contribution in [1.82, 2.24) is 0 Å². The third-order valence-electron chi connectivity index (χ3n) is 0.656. The van der Waals surface area contributed by atoms with Crippen molar-refractivity contribution in [1.29, 1.82) is 0 Å². The van der Waals surface area contributed by atoms with Crippen LogP contribution in [0.5, 0.6) is 0 Å². The molecule has 0 atom stereocenters. The van der Waals surface area contributed by atoms with Crippen molar-refractivity contribution in [3.05, 3.63) is 12.3 Å². The lowest BCUT2D eigenvalue weighted by Crippen LogP contribution is -1.95. The van der Waals surface area contributed by atoms with Gasteiger partial charge in [-0.2, -0.15) is 0 Å². The van der Waals surface area contributed by atoms with Gasteiger partial charge < -0.3 is 10.8 Å². The fourth-order valence-corrected chi connectivity index (χ4v) is 0.306. The second-order valence-electron chi connectivity index (χ2n) is 1.49. The highest BCUT2D eigenvalue weighted by atomic mass is 16.2. The minimum atomic E-state index is 0.205. The number of nitrogens with two attached hydrogens (primary N) is 1. The predicted octanol–water partition coefficient (Wildman–Crippen LogP) is 0.231. The third kappa shape index (κ3) is 5.50. The lowest BCUT2D eigenvalue weighted by atomic mass is 10.3. The Morgan fingerprint density at radius 1 is 1.71 bits per heavy atom. The van der Waals surface area contributed by atoms with E-state index in [4.69, 9.17) is 10.8 Å². The van der Waals surface area contributed by atoms with E-state index in [1.54, 1.807) is 0 Å². The molecular weight excluding hydrogens is 90.1 g/mol. The van der Waals surface area contributed by atoms with Crippen LogP contribution in [0.3, 0.4) is 0 Å². The van der Waals surface area contributed by atoms with Crippen LogP contribution in [0, 0.1) is 0 Å². The molecule has 0 saturated carbocycles. The summed E-state index contributed by atoms with van der Waals surface area (Å²) in [6.07, 6.45) is 1.46. The quantitative estimate of drug-likeness (QED) is 0.534. The smallest absolute Gasteiger partial charge is 0.0434 e. The van der Waals surface area contributed by atoms with Crippen molar-refractivity contribution in [3.63, 3.8) is 0 Å². The number of allylic oxidation sites excluding steroid dienone is 1. The predicted molar refractivity (Wildman–Crippen MR) is 29.6 cm³/mol. The largest absolute Gasteiger partial charge is 0.403 e. The van der Waals surface area contributed by atoms with Gasteiger partial charge in [-0.05, 0) is 12.8 Å². The molecule has 42 valence electrons. The van der Waals surface area contributed by atoms with Crippen molar-refractivity contribution in [2.45, 2.75) is 12.8 Å². The highest BCUT2D eigenvalue weighted by Crippen LogP contribution is 1.91. The van der Waals surface area contributed by atoms with Gasteiger partial charge in [0, 0.05) is 12.3 Å². The van der Waals surface area contributed by atoms with E-state index in [1.807, 2.05) is 0 Å². The van der Waals surface area contributed by atoms with Crippen LogP contribution >= 0.6 is 0 Å². The summed E-state index contributed by atoms with van der Waals surface area (Å²) in [7, 11) is 0. The first kappa shape index (κ1) is 6.50. The Kier molecular flexibility index (Phi) is 3.42. The van der Waals surface area contributed by atoms with Crippen molar-refractivity contribution in [2.24, 2.45) is 5.73 Å². The molecule has 0 rings (SSSR count). The number of hydrogen-bond donors (Lipinski definition) is 2. The minimum Gasteiger partial charge on any atom is -0.403 e. The van der Waals surface area contributed by atoms with Crippen molar-refractivity contribution in [2.75, 3.05) is 6.61 Å². The number of rotatable bonds is 3. The maximum absolute atomic E-state index is 8.22. The van der Waals surface area contributed by atoms with Crippen LogP contribution in [-0.4, -0.2) is 11.7 Å². The van der Waals surface area contributed by atoms with Crippen LogP contribution < -0.4 is 5.73 Å². The van der Waals surface area contributed by atoms with E-state index in [0.29, 0.717) is 5.70 Å². The van der Waals surface area contributed by atoms with Crippen LogP contribution in [0.25, 0.3) is 0 Å². The average molecular weight is 101 g/mol. The molecule has 3 N–H and O–H groups in total. The van der Waals surface area contributed by atoms with Crippen LogP contribution in [0.4, 0.5) is 0 Å². The van der Waals surface area contributed by atoms with E-state index in [-0.39, 0.29) is 6.61 Å². The zero-order valence-electron chi connectivity index (χ0n) is 4.35. The van der Waals surface area contributed by atoms with Gasteiger partial charge in [0.15, 0.2) is 0 Å². The molecule has 7 heavy (non-hydrogen) atoms. The zero-order chi connectivity index (χ0) is 5.70. The first-order valence-electron chi connectivity index (χ1n) is 2.31. The van der Waals surface area contributed by atoms with E-state index in [9.17, 15) is 0 Å². The van der Waals surface area contributed by atoms with Crippen molar-refractivity contribution in [3.8, 4) is 0 Å². The molecule has 0 aromatic carbocycles. The molecule has 0 unspecified atom stereocenters. The van der Waals surface area contributed by atoms with Crippen molar-refractivity contribution < 1.29 is 5.11 Å². The van der Waals surface area contributed by atoms with Gasteiger partial charge in [0.2, 0.25) is 0 Å². The number of aliphatic hydroxyl groups excluding tert-OH is 1. The lowest BCUT2D eigenvalue weighted by molar-refractivity contribution is 0.288. The molecule has 0 bridgehead atoms. The van der Waals surface area contributed by atoms with Gasteiger partial charge in [0.25, 0.3) is 0 Å². The maximum Gasteiger partial charge on any atom is 0.0434 e. The van der Waals surface area contributed by atoms with Crippen LogP contribution in [0.1, 0.15) is 12.8 Å². The Morgan fingerprint density at radius 3 is 2.43 bits per heavy atom. The van der Waals surface area contributed by atoms with Gasteiger partial charge in [0.1, 0.15) is 0 Å². The van der Waals surface area contributed by atoms with Gasteiger partial charge in [-0.3, -0.25) is 0 Å². The SMILES string of the molecule is C=C(N)CCCO. The van der Waals surface area contributed by atoms with E-state index in [2.05, 4.69) is 6.58 Å². The normalized spacial score (nSPS) is 8.71. The maximum atomic E-state index is 8.22. The molecule has 0 fully saturated rings. The number of aliphatic hydroxyl groups is 1. The summed E-state index contributed by atoms with van der Waals surface area (Å²) in [4.78, 5) is 0. The molecule has 0 aliphatic carbocycles. The Labute approximate surface area is 43.6 Å². The molecule has 0 aromatic rings. The first-order chi connectivity index (χ1) is 3.27. The second-order valence-corrected chi connectivity index (χ2v) is 1.49. The fraction of sp³-hybridized carbons (Fsp3) is 0.600. The summed E-state index contributed by atoms with van der Waals surface area (Å²) in [5.74, 6) is 0. The van der Waals surface area contributed by atoms with Gasteiger partial charge >= 0.3 is 0 Å². The molecule has 0 amide bonds. The average Bonchev–Trinajstić information content (AvgIpc) is 1.61. The molecular formula is C5H11NO. The van der Waals surface area contributed by atoms with Gasteiger partial charge in [-0.1, -0.05) is 6.58 Å². The van der Waals surface area contributed by atoms with E-state index in [1.165, 1.54) is 0 Å². The van der Waals surface area contributed by atoms with E-state index < -0.39 is 0 Å². The van der Waals surface area contributed by atoms with Gasteiger partial charge in [0.05, 0.1) is 0 Å². The highest BCUT2D eigenvalue weighted by Gasteiger charge is 1.82. The standard InChI is InChI=1S/C5H11NO/c1-5(6)3-2-4-7/h7H,1-4,6H2. The van der Waals surface area contributed by atoms with Crippen LogP contribution in [0.2, 0.25) is 0 Å². The number of hydrogen-bond acceptors (Lipinski definition) is 2. The highest BCUT2D eigenvalue weighted by molar-refractivity contribution is 4.84. The molecule has 0 aliphatic rings. The molecule has 0 aliphatic heterocycles. The summed E-state index contributed by atoms with van der Waals surface area (Å²) in [5, 5.41) is 8.22. The van der Waals surface area contributed by atoms with E-state index in [0.717, 1.165) is 12.8 Å². The molecule has 2 nitrogen and oxygen atoms in total. The zero-order valence-corrected chi connectivity index (χ0v) is 4.35.